The third kappa shape index (κ3) is 7.24. The van der Waals surface area contributed by atoms with Gasteiger partial charge in [0, 0.05) is 24.3 Å². The minimum Gasteiger partial charge on any atom is -0.393 e. The lowest BCUT2D eigenvalue weighted by Gasteiger charge is -2.62. The Kier molecular flexibility index (Phi) is 11.3. The number of carbonyl (C=O) groups excluding carboxylic acids is 2. The van der Waals surface area contributed by atoms with Crippen LogP contribution in [0.15, 0.2) is 17.3 Å². The summed E-state index contributed by atoms with van der Waals surface area (Å²) in [5, 5.41) is 31.0. The summed E-state index contributed by atoms with van der Waals surface area (Å²) in [5.74, 6) is 5.19. The molecule has 9 heteroatoms. The average molecular weight is 596 g/mol. The van der Waals surface area contributed by atoms with Crippen molar-refractivity contribution in [3.8, 4) is 12.3 Å². The summed E-state index contributed by atoms with van der Waals surface area (Å²) < 4.78 is 0. The molecule has 4 aliphatic carbocycles. The highest BCUT2D eigenvalue weighted by molar-refractivity contribution is 5.88. The highest BCUT2D eigenvalue weighted by atomic mass is 16.3. The van der Waals surface area contributed by atoms with E-state index < -0.39 is 6.17 Å². The molecule has 4 saturated carbocycles. The molecule has 0 aromatic carbocycles. The maximum atomic E-state index is 12.5. The number of terminal acetylenes is 1. The maximum absolute atomic E-state index is 12.5. The monoisotopic (exact) mass is 595 g/mol. The molecule has 0 aliphatic heterocycles. The van der Waals surface area contributed by atoms with Crippen molar-refractivity contribution in [1.82, 2.24) is 10.6 Å². The van der Waals surface area contributed by atoms with Gasteiger partial charge in [0.15, 0.2) is 0 Å². The Hall–Kier alpha value is -2.53. The van der Waals surface area contributed by atoms with Gasteiger partial charge in [-0.15, -0.1) is 12.3 Å². The fourth-order valence-corrected chi connectivity index (χ4v) is 10.0. The van der Waals surface area contributed by atoms with Gasteiger partial charge in [0.2, 0.25) is 11.8 Å². The van der Waals surface area contributed by atoms with Crippen molar-refractivity contribution in [1.29, 1.82) is 0 Å². The molecule has 0 spiro atoms. The van der Waals surface area contributed by atoms with Crippen LogP contribution in [-0.2, 0) is 9.59 Å². The first-order valence-electron chi connectivity index (χ1n) is 16.6. The second-order valence-electron chi connectivity index (χ2n) is 14.4. The van der Waals surface area contributed by atoms with E-state index in [1.54, 1.807) is 0 Å². The van der Waals surface area contributed by atoms with Crippen molar-refractivity contribution < 1.29 is 19.8 Å². The van der Waals surface area contributed by atoms with Gasteiger partial charge >= 0.3 is 0 Å². The van der Waals surface area contributed by atoms with Gasteiger partial charge in [0.25, 0.3) is 0 Å². The second-order valence-corrected chi connectivity index (χ2v) is 14.4. The molecule has 9 nitrogen and oxygen atoms in total. The third-order valence-electron chi connectivity index (χ3n) is 12.3. The number of nitrogens with one attached hydrogen (secondary N) is 2. The van der Waals surface area contributed by atoms with Crippen LogP contribution < -0.4 is 10.6 Å². The fraction of sp³-hybridized carbons (Fsp3) is 0.824. The predicted molar refractivity (Wildman–Crippen MR) is 167 cm³/mol. The topological polar surface area (TPSA) is 147 Å². The molecule has 4 N–H and O–H groups in total. The lowest BCUT2D eigenvalue weighted by Crippen LogP contribution is -2.58. The summed E-state index contributed by atoms with van der Waals surface area (Å²) in [7, 11) is 0. The number of allylic oxidation sites excluding steroid dienone is 1. The molecule has 4 aliphatic rings. The second kappa shape index (κ2) is 14.5. The number of hydrogen-bond acceptors (Lipinski definition) is 5. The van der Waals surface area contributed by atoms with Gasteiger partial charge in [0.05, 0.1) is 12.2 Å². The van der Waals surface area contributed by atoms with Crippen LogP contribution in [0.5, 0.6) is 0 Å². The molecule has 4 rings (SSSR count). The Labute approximate surface area is 257 Å². The summed E-state index contributed by atoms with van der Waals surface area (Å²) in [5.41, 5.74) is 8.51. The number of amides is 2. The van der Waals surface area contributed by atoms with Crippen LogP contribution in [0.3, 0.4) is 0 Å². The minimum absolute atomic E-state index is 0.0688. The van der Waals surface area contributed by atoms with E-state index in [0.29, 0.717) is 41.9 Å². The van der Waals surface area contributed by atoms with E-state index >= 15 is 0 Å². The van der Waals surface area contributed by atoms with Gasteiger partial charge in [-0.3, -0.25) is 9.59 Å². The van der Waals surface area contributed by atoms with Gasteiger partial charge < -0.3 is 20.8 Å². The molecule has 4 fully saturated rings. The maximum Gasteiger partial charge on any atom is 0.245 e. The van der Waals surface area contributed by atoms with Gasteiger partial charge in [-0.05, 0) is 129 Å². The molecule has 2 amide bonds. The van der Waals surface area contributed by atoms with E-state index in [-0.39, 0.29) is 54.2 Å². The van der Waals surface area contributed by atoms with Crippen LogP contribution >= 0.6 is 0 Å². The van der Waals surface area contributed by atoms with Crippen LogP contribution in [0.2, 0.25) is 0 Å². The first kappa shape index (κ1) is 33.4. The van der Waals surface area contributed by atoms with Crippen LogP contribution in [-0.4, -0.2) is 46.9 Å². The number of hydrogen-bond donors (Lipinski definition) is 4. The van der Waals surface area contributed by atoms with Crippen LogP contribution in [0.25, 0.3) is 10.4 Å². The summed E-state index contributed by atoms with van der Waals surface area (Å²) in [6.45, 7) is 7.38. The van der Waals surface area contributed by atoms with E-state index in [1.165, 1.54) is 25.3 Å². The molecular formula is C34H53N5O4. The minimum atomic E-state index is -0.656. The molecule has 0 heterocycles. The third-order valence-corrected chi connectivity index (χ3v) is 12.3. The number of nitrogens with zero attached hydrogens (tertiary/aromatic N) is 3. The Balaban J connectivity index is 1.28. The molecule has 11 atom stereocenters. The quantitative estimate of drug-likeness (QED) is 0.0441. The summed E-state index contributed by atoms with van der Waals surface area (Å²) in [6.07, 6.45) is 18.9. The van der Waals surface area contributed by atoms with Crippen molar-refractivity contribution in [3.63, 3.8) is 0 Å². The number of aliphatic hydroxyl groups excluding tert-OH is 2. The summed E-state index contributed by atoms with van der Waals surface area (Å²) >= 11 is 0. The normalized spacial score (nSPS) is 38.0. The number of carbonyl (C=O) groups is 2. The zero-order valence-corrected chi connectivity index (χ0v) is 26.4. The molecule has 0 aromatic heterocycles. The number of fused-ring (bicyclic) bond motifs is 5. The fourth-order valence-electron chi connectivity index (χ4n) is 10.0. The molecule has 0 bridgehead atoms. The first-order chi connectivity index (χ1) is 20.5. The Morgan fingerprint density at radius 2 is 1.93 bits per heavy atom. The van der Waals surface area contributed by atoms with Crippen molar-refractivity contribution in [2.45, 2.75) is 123 Å². The molecule has 11 unspecified atom stereocenters. The van der Waals surface area contributed by atoms with Gasteiger partial charge in [-0.2, -0.15) is 0 Å². The van der Waals surface area contributed by atoms with E-state index in [9.17, 15) is 19.8 Å². The molecule has 0 aromatic rings. The van der Waals surface area contributed by atoms with Gasteiger partial charge in [-0.1, -0.05) is 32.0 Å². The molecular weight excluding hydrogens is 542 g/mol. The largest absolute Gasteiger partial charge is 0.393 e. The first-order valence-corrected chi connectivity index (χ1v) is 16.6. The van der Waals surface area contributed by atoms with Crippen LogP contribution in [0.1, 0.15) is 104 Å². The van der Waals surface area contributed by atoms with Crippen molar-refractivity contribution in [2.75, 3.05) is 6.54 Å². The van der Waals surface area contributed by atoms with E-state index in [1.807, 2.05) is 6.08 Å². The van der Waals surface area contributed by atoms with E-state index in [2.05, 4.69) is 47.4 Å². The predicted octanol–water partition coefficient (Wildman–Crippen LogP) is 5.62. The zero-order valence-electron chi connectivity index (χ0n) is 26.4. The molecule has 0 radical (unpaired) electrons. The van der Waals surface area contributed by atoms with E-state index in [4.69, 9.17) is 12.0 Å². The molecule has 238 valence electrons. The highest BCUT2D eigenvalue weighted by Crippen LogP contribution is 2.68. The highest BCUT2D eigenvalue weighted by Gasteiger charge is 2.63. The van der Waals surface area contributed by atoms with E-state index in [0.717, 1.165) is 44.9 Å². The Morgan fingerprint density at radius 1 is 1.14 bits per heavy atom. The Morgan fingerprint density at radius 3 is 2.67 bits per heavy atom. The van der Waals surface area contributed by atoms with Crippen molar-refractivity contribution in [3.05, 3.63) is 22.6 Å². The van der Waals surface area contributed by atoms with Crippen molar-refractivity contribution in [2.24, 2.45) is 51.5 Å². The SMILES string of the molecule is C#CCC(NC(=O)/C=C/CCC(C)C1CCC2C3CCC4CC(O)CCC4(C)C3CC(O)C12C)NC(=O)CCCN=[N+]=[N-]. The molecule has 0 saturated heterocycles. The number of azide groups is 1. The number of rotatable bonds is 12. The number of aliphatic hydroxyl groups is 2. The standard InChI is InChI=1S/C34H53N5O4/c1-5-9-30(38-32(43)12-8-19-36-39-35)37-31(42)11-7-6-10-22(2)26-15-16-27-25-14-13-23-20-24(40)17-18-33(23,3)28(25)21-29(41)34(26,27)4/h1,7,11,22-30,40-41H,6,8-10,12-21H2,2-4H3,(H,37,42)(H,38,43)/b11-7+. The lowest BCUT2D eigenvalue weighted by atomic mass is 9.43. The van der Waals surface area contributed by atoms with Crippen LogP contribution in [0, 0.1) is 58.7 Å². The van der Waals surface area contributed by atoms with Crippen molar-refractivity contribution >= 4 is 11.8 Å². The average Bonchev–Trinajstić information content (AvgIpc) is 3.33. The van der Waals surface area contributed by atoms with Gasteiger partial charge in [0.1, 0.15) is 6.17 Å². The molecule has 43 heavy (non-hydrogen) atoms. The summed E-state index contributed by atoms with van der Waals surface area (Å²) in [4.78, 5) is 27.4. The lowest BCUT2D eigenvalue weighted by molar-refractivity contribution is -0.174. The smallest absolute Gasteiger partial charge is 0.245 e. The summed E-state index contributed by atoms with van der Waals surface area (Å²) in [6, 6.07) is 0. The van der Waals surface area contributed by atoms with Gasteiger partial charge in [-0.25, -0.2) is 0 Å². The Bertz CT molecular complexity index is 1110. The zero-order chi connectivity index (χ0) is 31.2. The van der Waals surface area contributed by atoms with Crippen LogP contribution in [0.4, 0.5) is 0 Å².